The molecule has 3 fully saturated rings. The Balaban J connectivity index is 1.54. The first-order valence-electron chi connectivity index (χ1n) is 14.5. The van der Waals surface area contributed by atoms with E-state index in [1.165, 1.54) is 6.08 Å². The molecule has 5 aliphatic rings. The molecule has 0 radical (unpaired) electrons. The van der Waals surface area contributed by atoms with Gasteiger partial charge in [0.2, 0.25) is 0 Å². The van der Waals surface area contributed by atoms with Crippen molar-refractivity contribution in [2.45, 2.75) is 91.3 Å². The van der Waals surface area contributed by atoms with Gasteiger partial charge in [0.05, 0.1) is 12.0 Å². The summed E-state index contributed by atoms with van der Waals surface area (Å²) in [5.41, 5.74) is -1.54. The fourth-order valence-corrected chi connectivity index (χ4v) is 8.06. The van der Waals surface area contributed by atoms with Crippen LogP contribution in [0.25, 0.3) is 0 Å². The molecule has 39 heavy (non-hydrogen) atoms. The number of carbonyl (C=O) groups is 2. The van der Waals surface area contributed by atoms with Crippen LogP contribution in [0.15, 0.2) is 59.8 Å². The standard InChI is InChI=1S/C33H44O6/c1-8-9-10-11-12-13-14-15-25(34)38-28-20(2)18-32-21(3)16-24-26(30(24,4)5)23(27(32)35)17-22-19-37-31(6,7)39-29(22)33(28,32)36/h10-15,17-18,21,23-24,26,28-29,36H,8-9,16,19H2,1-7H3/b11-10+,13-12+,15-14+. The number of Topliss-reactive ketones (excluding diaryl/α,β-unsaturated/α-hetero) is 1. The van der Waals surface area contributed by atoms with Crippen LogP contribution < -0.4 is 0 Å². The molecule has 8 atom stereocenters. The maximum Gasteiger partial charge on any atom is 0.331 e. The second-order valence-electron chi connectivity index (χ2n) is 13.3. The number of unbranched alkanes of at least 4 members (excludes halogenated alkanes) is 1. The van der Waals surface area contributed by atoms with Gasteiger partial charge in [0, 0.05) is 12.0 Å². The lowest BCUT2D eigenvalue weighted by Gasteiger charge is -2.52. The molecule has 4 aliphatic carbocycles. The minimum atomic E-state index is -1.79. The van der Waals surface area contributed by atoms with E-state index < -0.39 is 35.0 Å². The van der Waals surface area contributed by atoms with E-state index in [0.29, 0.717) is 11.5 Å². The number of ether oxygens (including phenoxy) is 3. The monoisotopic (exact) mass is 536 g/mol. The Morgan fingerprint density at radius 2 is 1.90 bits per heavy atom. The van der Waals surface area contributed by atoms with Crippen LogP contribution >= 0.6 is 0 Å². The fourth-order valence-electron chi connectivity index (χ4n) is 8.06. The van der Waals surface area contributed by atoms with E-state index >= 15 is 0 Å². The second kappa shape index (κ2) is 9.67. The van der Waals surface area contributed by atoms with Gasteiger partial charge in [0.25, 0.3) is 0 Å². The molecule has 6 nitrogen and oxygen atoms in total. The zero-order chi connectivity index (χ0) is 28.4. The van der Waals surface area contributed by atoms with E-state index in [1.54, 1.807) is 12.2 Å². The quantitative estimate of drug-likeness (QED) is 0.205. The lowest BCUT2D eigenvalue weighted by atomic mass is 9.59. The summed E-state index contributed by atoms with van der Waals surface area (Å²) in [5.74, 6) is -1.46. The normalized spacial score (nSPS) is 41.9. The Morgan fingerprint density at radius 1 is 1.18 bits per heavy atom. The molecule has 0 amide bonds. The fraction of sp³-hybridized carbons (Fsp3) is 0.636. The van der Waals surface area contributed by atoms with Gasteiger partial charge in [-0.15, -0.1) is 0 Å². The Morgan fingerprint density at radius 3 is 2.62 bits per heavy atom. The summed E-state index contributed by atoms with van der Waals surface area (Å²) < 4.78 is 18.5. The van der Waals surface area contributed by atoms with Crippen LogP contribution in [0.4, 0.5) is 0 Å². The zero-order valence-electron chi connectivity index (χ0n) is 24.4. The van der Waals surface area contributed by atoms with Gasteiger partial charge in [-0.05, 0) is 67.9 Å². The van der Waals surface area contributed by atoms with Crippen molar-refractivity contribution in [3.63, 3.8) is 0 Å². The summed E-state index contributed by atoms with van der Waals surface area (Å²) in [6.07, 6.45) is 15.6. The predicted molar refractivity (Wildman–Crippen MR) is 149 cm³/mol. The molecular formula is C33H44O6. The van der Waals surface area contributed by atoms with Gasteiger partial charge in [-0.1, -0.05) is 76.6 Å². The van der Waals surface area contributed by atoms with Crippen molar-refractivity contribution in [3.8, 4) is 0 Å². The van der Waals surface area contributed by atoms with E-state index in [0.717, 1.165) is 24.8 Å². The summed E-state index contributed by atoms with van der Waals surface area (Å²) in [6, 6.07) is 0. The minimum absolute atomic E-state index is 0.00845. The lowest BCUT2D eigenvalue weighted by Crippen LogP contribution is -2.68. The number of allylic oxidation sites excluding steroid dienone is 6. The average molecular weight is 537 g/mol. The molecule has 0 aromatic rings. The van der Waals surface area contributed by atoms with Crippen LogP contribution in [0.5, 0.6) is 0 Å². The van der Waals surface area contributed by atoms with Crippen molar-refractivity contribution >= 4 is 11.8 Å². The lowest BCUT2D eigenvalue weighted by molar-refractivity contribution is -0.303. The van der Waals surface area contributed by atoms with Crippen molar-refractivity contribution in [2.24, 2.45) is 34.5 Å². The second-order valence-corrected chi connectivity index (χ2v) is 13.3. The number of hydrogen-bond acceptors (Lipinski definition) is 6. The third-order valence-electron chi connectivity index (χ3n) is 10.1. The van der Waals surface area contributed by atoms with Crippen molar-refractivity contribution in [2.75, 3.05) is 6.61 Å². The third-order valence-corrected chi connectivity index (χ3v) is 10.1. The van der Waals surface area contributed by atoms with Crippen LogP contribution in [0.3, 0.4) is 0 Å². The first-order chi connectivity index (χ1) is 18.3. The topological polar surface area (TPSA) is 82.1 Å². The SMILES string of the molecule is CCC/C=C/C=C/C=C/C(=O)OC1C(C)=CC23C(=O)C(C=C4COC(C)(C)OC4C12O)C1C(CC3C)C1(C)C. The van der Waals surface area contributed by atoms with Crippen LogP contribution in [-0.4, -0.2) is 47.1 Å². The molecule has 2 bridgehead atoms. The molecule has 6 heteroatoms. The Hall–Kier alpha value is -2.28. The van der Waals surface area contributed by atoms with Crippen LogP contribution in [-0.2, 0) is 23.8 Å². The molecule has 0 aromatic heterocycles. The number of hydrogen-bond donors (Lipinski definition) is 1. The van der Waals surface area contributed by atoms with Gasteiger partial charge in [-0.3, -0.25) is 4.79 Å². The molecule has 2 saturated carbocycles. The molecule has 1 saturated heterocycles. The highest BCUT2D eigenvalue weighted by Crippen LogP contribution is 2.72. The predicted octanol–water partition coefficient (Wildman–Crippen LogP) is 5.63. The molecule has 1 N–H and O–H groups in total. The number of fused-ring (bicyclic) bond motifs is 5. The largest absolute Gasteiger partial charge is 0.451 e. The molecule has 5 rings (SSSR count). The number of ketones is 1. The van der Waals surface area contributed by atoms with E-state index in [9.17, 15) is 14.7 Å². The molecule has 8 unspecified atom stereocenters. The van der Waals surface area contributed by atoms with Crippen LogP contribution in [0.2, 0.25) is 0 Å². The Bertz CT molecular complexity index is 1180. The van der Waals surface area contributed by atoms with Crippen LogP contribution in [0, 0.1) is 34.5 Å². The molecular weight excluding hydrogens is 492 g/mol. The van der Waals surface area contributed by atoms with Gasteiger partial charge < -0.3 is 19.3 Å². The van der Waals surface area contributed by atoms with E-state index in [1.807, 2.05) is 45.1 Å². The number of aliphatic hydroxyl groups is 1. The third kappa shape index (κ3) is 4.25. The Labute approximate surface area is 232 Å². The first-order valence-corrected chi connectivity index (χ1v) is 14.5. The number of rotatable bonds is 6. The van der Waals surface area contributed by atoms with Crippen molar-refractivity contribution in [1.29, 1.82) is 0 Å². The maximum atomic E-state index is 14.7. The van der Waals surface area contributed by atoms with Gasteiger partial charge >= 0.3 is 5.97 Å². The van der Waals surface area contributed by atoms with Gasteiger partial charge in [-0.2, -0.15) is 0 Å². The smallest absolute Gasteiger partial charge is 0.331 e. The molecule has 0 aromatic carbocycles. The highest BCUT2D eigenvalue weighted by atomic mass is 16.7. The van der Waals surface area contributed by atoms with Gasteiger partial charge in [0.1, 0.15) is 6.10 Å². The molecule has 212 valence electrons. The number of esters is 1. The van der Waals surface area contributed by atoms with E-state index in [-0.39, 0.29) is 35.6 Å². The summed E-state index contributed by atoms with van der Waals surface area (Å²) in [5, 5.41) is 13.0. The average Bonchev–Trinajstić information content (AvgIpc) is 3.36. The van der Waals surface area contributed by atoms with Crippen molar-refractivity contribution < 1.29 is 28.9 Å². The summed E-state index contributed by atoms with van der Waals surface area (Å²) in [6.45, 7) is 14.4. The Kier molecular flexibility index (Phi) is 7.01. The van der Waals surface area contributed by atoms with Crippen molar-refractivity contribution in [3.05, 3.63) is 59.8 Å². The summed E-state index contributed by atoms with van der Waals surface area (Å²) in [7, 11) is 0. The molecule has 1 spiro atoms. The zero-order valence-corrected chi connectivity index (χ0v) is 24.4. The highest BCUT2D eigenvalue weighted by Gasteiger charge is 2.77. The summed E-state index contributed by atoms with van der Waals surface area (Å²) in [4.78, 5) is 27.7. The first kappa shape index (κ1) is 28.3. The van der Waals surface area contributed by atoms with Gasteiger partial charge in [0.15, 0.2) is 23.3 Å². The van der Waals surface area contributed by atoms with Crippen molar-refractivity contribution in [1.82, 2.24) is 0 Å². The molecule has 1 heterocycles. The summed E-state index contributed by atoms with van der Waals surface area (Å²) >= 11 is 0. The van der Waals surface area contributed by atoms with E-state index in [4.69, 9.17) is 14.2 Å². The van der Waals surface area contributed by atoms with Gasteiger partial charge in [-0.25, -0.2) is 4.79 Å². The minimum Gasteiger partial charge on any atom is -0.451 e. The van der Waals surface area contributed by atoms with Crippen LogP contribution in [0.1, 0.15) is 67.7 Å². The maximum absolute atomic E-state index is 14.7. The number of carbonyl (C=O) groups excluding carboxylic acids is 2. The molecule has 1 aliphatic heterocycles. The van der Waals surface area contributed by atoms with E-state index in [2.05, 4.69) is 33.8 Å². The highest BCUT2D eigenvalue weighted by molar-refractivity contribution is 5.95.